The van der Waals surface area contributed by atoms with Crippen molar-refractivity contribution in [3.8, 4) is 11.4 Å². The first-order valence-corrected chi connectivity index (χ1v) is 7.21. The van der Waals surface area contributed by atoms with Crippen LogP contribution in [0.1, 0.15) is 16.1 Å². The van der Waals surface area contributed by atoms with E-state index in [1.807, 2.05) is 13.0 Å². The van der Waals surface area contributed by atoms with Gasteiger partial charge in [-0.2, -0.15) is 9.78 Å². The van der Waals surface area contributed by atoms with Crippen LogP contribution in [0, 0.1) is 6.92 Å². The number of rotatable bonds is 3. The highest BCUT2D eigenvalue weighted by atomic mass is 16.3. The van der Waals surface area contributed by atoms with Gasteiger partial charge in [0, 0.05) is 12.3 Å². The van der Waals surface area contributed by atoms with E-state index in [0.717, 1.165) is 16.3 Å². The fraction of sp³-hybridized carbons (Fsp3) is 0.0625. The van der Waals surface area contributed by atoms with E-state index in [4.69, 9.17) is 0 Å². The summed E-state index contributed by atoms with van der Waals surface area (Å²) < 4.78 is 1.01. The molecule has 0 fully saturated rings. The van der Waals surface area contributed by atoms with Gasteiger partial charge in [-0.1, -0.05) is 12.1 Å². The molecule has 9 nitrogen and oxygen atoms in total. The largest absolute Gasteiger partial charge is 0.505 e. The number of carbonyl (C=O) groups is 1. The van der Waals surface area contributed by atoms with E-state index in [0.29, 0.717) is 5.69 Å². The van der Waals surface area contributed by atoms with E-state index >= 15 is 0 Å². The number of carbonyl (C=O) groups excluding carboxylic acids is 1. The Morgan fingerprint density at radius 1 is 1.24 bits per heavy atom. The Morgan fingerprint density at radius 2 is 2.04 bits per heavy atom. The van der Waals surface area contributed by atoms with Gasteiger partial charge in [0.25, 0.3) is 11.5 Å². The summed E-state index contributed by atoms with van der Waals surface area (Å²) in [4.78, 5) is 41.3. The predicted octanol–water partition coefficient (Wildman–Crippen LogP) is 0.582. The number of nitrogens with zero attached hydrogens (tertiary/aromatic N) is 3. The Morgan fingerprint density at radius 3 is 2.76 bits per heavy atom. The van der Waals surface area contributed by atoms with Crippen molar-refractivity contribution in [2.45, 2.75) is 6.92 Å². The summed E-state index contributed by atoms with van der Waals surface area (Å²) in [6, 6.07) is 9.23. The Labute approximate surface area is 140 Å². The van der Waals surface area contributed by atoms with Gasteiger partial charge in [0.15, 0.2) is 11.4 Å². The lowest BCUT2D eigenvalue weighted by Gasteiger charge is -2.09. The summed E-state index contributed by atoms with van der Waals surface area (Å²) in [7, 11) is 0. The summed E-state index contributed by atoms with van der Waals surface area (Å²) in [5.41, 5.74) is -0.230. The monoisotopic (exact) mass is 339 g/mol. The smallest absolute Gasteiger partial charge is 0.346 e. The second-order valence-corrected chi connectivity index (χ2v) is 5.21. The highest BCUT2D eigenvalue weighted by Gasteiger charge is 2.17. The van der Waals surface area contributed by atoms with Crippen LogP contribution in [-0.4, -0.2) is 30.8 Å². The van der Waals surface area contributed by atoms with Crippen LogP contribution in [0.15, 0.2) is 52.2 Å². The van der Waals surface area contributed by atoms with E-state index in [2.05, 4.69) is 20.4 Å². The molecule has 0 aliphatic rings. The van der Waals surface area contributed by atoms with Crippen LogP contribution in [0.2, 0.25) is 0 Å². The van der Waals surface area contributed by atoms with Gasteiger partial charge in [-0.25, -0.2) is 9.78 Å². The zero-order valence-electron chi connectivity index (χ0n) is 13.1. The van der Waals surface area contributed by atoms with E-state index in [9.17, 15) is 19.5 Å². The van der Waals surface area contributed by atoms with Crippen molar-refractivity contribution < 1.29 is 9.90 Å². The van der Waals surface area contributed by atoms with Crippen molar-refractivity contribution in [2.75, 3.05) is 5.32 Å². The minimum absolute atomic E-state index is 0.0829. The number of aromatic amines is 1. The van der Waals surface area contributed by atoms with Crippen molar-refractivity contribution in [3.05, 3.63) is 74.7 Å². The van der Waals surface area contributed by atoms with Crippen molar-refractivity contribution in [1.29, 1.82) is 0 Å². The maximum Gasteiger partial charge on any atom is 0.346 e. The highest BCUT2D eigenvalue weighted by molar-refractivity contribution is 6.03. The number of H-pyrrole nitrogens is 1. The number of nitrogens with one attached hydrogen (secondary N) is 2. The first kappa shape index (κ1) is 16.1. The summed E-state index contributed by atoms with van der Waals surface area (Å²) >= 11 is 0. The molecule has 0 radical (unpaired) electrons. The first-order chi connectivity index (χ1) is 11.9. The molecule has 0 aliphatic carbocycles. The molecule has 0 bridgehead atoms. The third-order valence-electron chi connectivity index (χ3n) is 3.30. The minimum atomic E-state index is -0.791. The second kappa shape index (κ2) is 6.40. The molecule has 3 rings (SSSR count). The number of aromatic hydroxyl groups is 1. The number of hydrogen-bond donors (Lipinski definition) is 3. The third kappa shape index (κ3) is 3.44. The summed E-state index contributed by atoms with van der Waals surface area (Å²) in [6.45, 7) is 1.85. The number of aromatic nitrogens is 4. The molecule has 1 amide bonds. The SMILES string of the molecule is Cc1cccc(-n2nc(C(=O)Nc3ccnc(=O)[nH]3)c(O)cc2=O)c1. The Hall–Kier alpha value is -3.75. The zero-order valence-corrected chi connectivity index (χ0v) is 13.1. The minimum Gasteiger partial charge on any atom is -0.505 e. The van der Waals surface area contributed by atoms with Crippen LogP contribution in [0.4, 0.5) is 5.82 Å². The average Bonchev–Trinajstić information content (AvgIpc) is 2.54. The fourth-order valence-corrected chi connectivity index (χ4v) is 2.18. The van der Waals surface area contributed by atoms with Crippen LogP contribution >= 0.6 is 0 Å². The maximum absolute atomic E-state index is 12.3. The lowest BCUT2D eigenvalue weighted by Crippen LogP contribution is -2.26. The number of hydrogen-bond acceptors (Lipinski definition) is 6. The lowest BCUT2D eigenvalue weighted by atomic mass is 10.2. The van der Waals surface area contributed by atoms with Crippen LogP contribution in [0.5, 0.6) is 5.75 Å². The van der Waals surface area contributed by atoms with Crippen LogP contribution in [-0.2, 0) is 0 Å². The van der Waals surface area contributed by atoms with Crippen molar-refractivity contribution in [1.82, 2.24) is 19.7 Å². The molecule has 0 saturated heterocycles. The van der Waals surface area contributed by atoms with Gasteiger partial charge in [-0.3, -0.25) is 14.6 Å². The number of anilines is 1. The van der Waals surface area contributed by atoms with Gasteiger partial charge in [-0.15, -0.1) is 0 Å². The molecule has 2 heterocycles. The Bertz CT molecular complexity index is 1070. The summed E-state index contributed by atoms with van der Waals surface area (Å²) in [5.74, 6) is -1.27. The predicted molar refractivity (Wildman–Crippen MR) is 89.0 cm³/mol. The molecule has 3 N–H and O–H groups in total. The third-order valence-corrected chi connectivity index (χ3v) is 3.30. The van der Waals surface area contributed by atoms with Gasteiger partial charge in [0.05, 0.1) is 5.69 Å². The topological polar surface area (TPSA) is 130 Å². The quantitative estimate of drug-likeness (QED) is 0.640. The van der Waals surface area contributed by atoms with Gasteiger partial charge in [0.1, 0.15) is 5.82 Å². The van der Waals surface area contributed by atoms with Crippen molar-refractivity contribution in [2.24, 2.45) is 0 Å². The van der Waals surface area contributed by atoms with Crippen LogP contribution in [0.25, 0.3) is 5.69 Å². The van der Waals surface area contributed by atoms with Gasteiger partial charge in [-0.05, 0) is 30.7 Å². The molecule has 0 aliphatic heterocycles. The van der Waals surface area contributed by atoms with E-state index < -0.39 is 22.9 Å². The zero-order chi connectivity index (χ0) is 18.0. The lowest BCUT2D eigenvalue weighted by molar-refractivity contribution is 0.101. The molecular formula is C16H13N5O4. The molecule has 2 aromatic heterocycles. The number of benzene rings is 1. The van der Waals surface area contributed by atoms with E-state index in [1.54, 1.807) is 18.2 Å². The van der Waals surface area contributed by atoms with Crippen LogP contribution < -0.4 is 16.6 Å². The van der Waals surface area contributed by atoms with Crippen molar-refractivity contribution >= 4 is 11.7 Å². The normalized spacial score (nSPS) is 10.4. The Kier molecular flexibility index (Phi) is 4.12. The molecule has 0 spiro atoms. The average molecular weight is 339 g/mol. The summed E-state index contributed by atoms with van der Waals surface area (Å²) in [5, 5.41) is 16.2. The molecule has 126 valence electrons. The standard InChI is InChI=1S/C16H13N5O4/c1-9-3-2-4-10(7-9)21-13(23)8-11(22)14(20-21)15(24)18-12-5-6-17-16(25)19-12/h2-8,22H,1H3,(H2,17,18,19,24,25). The first-order valence-electron chi connectivity index (χ1n) is 7.21. The van der Waals surface area contributed by atoms with E-state index in [-0.39, 0.29) is 11.5 Å². The molecule has 0 atom stereocenters. The molecule has 25 heavy (non-hydrogen) atoms. The summed E-state index contributed by atoms with van der Waals surface area (Å²) in [6.07, 6.45) is 1.22. The molecule has 9 heteroatoms. The second-order valence-electron chi connectivity index (χ2n) is 5.21. The number of aryl methyl sites for hydroxylation is 1. The maximum atomic E-state index is 12.3. The van der Waals surface area contributed by atoms with Gasteiger partial charge < -0.3 is 10.4 Å². The Balaban J connectivity index is 2.01. The highest BCUT2D eigenvalue weighted by Crippen LogP contribution is 2.14. The van der Waals surface area contributed by atoms with E-state index in [1.165, 1.54) is 12.3 Å². The molecule has 1 aromatic carbocycles. The van der Waals surface area contributed by atoms with Gasteiger partial charge in [0.2, 0.25) is 0 Å². The molecule has 3 aromatic rings. The fourth-order valence-electron chi connectivity index (χ4n) is 2.18. The molecule has 0 unspecified atom stereocenters. The number of amides is 1. The van der Waals surface area contributed by atoms with Crippen molar-refractivity contribution in [3.63, 3.8) is 0 Å². The molecular weight excluding hydrogens is 326 g/mol. The van der Waals surface area contributed by atoms with Crippen LogP contribution in [0.3, 0.4) is 0 Å². The molecule has 0 saturated carbocycles. The van der Waals surface area contributed by atoms with Gasteiger partial charge >= 0.3 is 5.69 Å².